The molecule has 8 aromatic rings. The maximum Gasteiger partial charge on any atom is 0.337 e. The van der Waals surface area contributed by atoms with Crippen molar-refractivity contribution < 1.29 is 95.9 Å². The second kappa shape index (κ2) is 38.5. The lowest BCUT2D eigenvalue weighted by Crippen LogP contribution is -2.32. The molecule has 0 radical (unpaired) electrons. The molecule has 12 N–H and O–H groups in total. The Morgan fingerprint density at radius 1 is 0.465 bits per heavy atom. The van der Waals surface area contributed by atoms with E-state index in [0.29, 0.717) is 62.1 Å². The Kier molecular flexibility index (Phi) is 31.8. The Bertz CT molecular complexity index is 4230. The summed E-state index contributed by atoms with van der Waals surface area (Å²) in [5, 5.41) is 39.5. The van der Waals surface area contributed by atoms with Crippen LogP contribution >= 0.6 is 69.6 Å². The minimum Gasteiger partial charge on any atom is -0.506 e. The standard InChI is InChI=1S/C25H23Cl2FN2O5.C15H16ClFN2O2.C10H10ClNO4.C9H8ClNO4.C8H7ClO3/c1-25(33,10-9-19(31)14-4-6-20(17(27)11-14)35-13-23(29)32)22-8-7-21(34-2)24(30-22)15-3-5-18(28)16(26)12-15;1-15(20,8-18)13-6-5-12(21-2)14(19-13)9-3-4-11(17)10(16)7-9;1-15-10(14)6-2-3-8(7(11)4-6)16-5-9(12)13;10-6-3-5(9(13)14)1-2-7(6)15-4-8(11)12;1-12-8(11)5-2-3-7(10)6(9)4-5/h3-8,11-12,33H,9-10,13H2,1-2H3,(H2,29,32);3-7,20H,8,18H2,1-2H3;2-4H,5H2,1H3,(H2,12,13);1-3H,4H2,(H2,11,12)(H,13,14);2-4,10H,1H3. The van der Waals surface area contributed by atoms with E-state index < -0.39 is 58.5 Å². The Balaban J connectivity index is 0.000000279. The van der Waals surface area contributed by atoms with E-state index in [-0.39, 0.29) is 104 Å². The van der Waals surface area contributed by atoms with Crippen LogP contribution in [0.25, 0.3) is 22.5 Å². The van der Waals surface area contributed by atoms with E-state index in [1.54, 1.807) is 44.2 Å². The van der Waals surface area contributed by atoms with Gasteiger partial charge in [-0.1, -0.05) is 69.6 Å². The van der Waals surface area contributed by atoms with E-state index in [1.807, 2.05) is 0 Å². The van der Waals surface area contributed by atoms with Crippen molar-refractivity contribution in [2.75, 3.05) is 54.8 Å². The highest BCUT2D eigenvalue weighted by Gasteiger charge is 2.29. The van der Waals surface area contributed by atoms with Crippen LogP contribution in [-0.2, 0) is 35.1 Å². The van der Waals surface area contributed by atoms with Gasteiger partial charge in [-0.05, 0) is 154 Å². The fourth-order valence-electron chi connectivity index (χ4n) is 7.86. The molecule has 0 aliphatic heterocycles. The zero-order valence-electron chi connectivity index (χ0n) is 53.2. The van der Waals surface area contributed by atoms with Gasteiger partial charge in [0.1, 0.15) is 68.7 Å². The number of phenolic OH excluding ortho intramolecular Hbond substituents is 1. The van der Waals surface area contributed by atoms with E-state index in [4.69, 9.17) is 126 Å². The highest BCUT2D eigenvalue weighted by atomic mass is 35.5. The number of carboxylic acid groups (broad SMARTS) is 1. The Morgan fingerprint density at radius 2 is 0.818 bits per heavy atom. The number of hydrogen-bond acceptors (Lipinski definition) is 20. The number of nitrogens with two attached hydrogens (primary N) is 4. The summed E-state index contributed by atoms with van der Waals surface area (Å²) in [5.41, 5.74) is 21.3. The smallest absolute Gasteiger partial charge is 0.337 e. The van der Waals surface area contributed by atoms with Gasteiger partial charge in [0.05, 0.1) is 86.7 Å². The van der Waals surface area contributed by atoms with Gasteiger partial charge >= 0.3 is 17.9 Å². The number of aliphatic hydroxyl groups is 2. The molecule has 8 rings (SSSR count). The zero-order chi connectivity index (χ0) is 74.1. The molecule has 0 saturated carbocycles. The number of ketones is 1. The predicted molar refractivity (Wildman–Crippen MR) is 365 cm³/mol. The number of nitrogens with zero attached hydrogens (tertiary/aromatic N) is 2. The number of aromatic carboxylic acids is 1. The fraction of sp³-hybridized carbons (Fsp3) is 0.209. The van der Waals surface area contributed by atoms with Gasteiger partial charge in [0.25, 0.3) is 17.7 Å². The number of benzene rings is 6. The number of methoxy groups -OCH3 is 4. The summed E-state index contributed by atoms with van der Waals surface area (Å²) in [4.78, 5) is 86.0. The SMILES string of the molecule is COC(=O)c1ccc(O)c(Cl)c1.COC(=O)c1ccc(OCC(N)=O)c(Cl)c1.COc1ccc(C(C)(O)CCC(=O)c2ccc(OCC(N)=O)c(Cl)c2)nc1-c1ccc(F)c(Cl)c1.COc1ccc(C(C)(O)CN)nc1-c1ccc(F)c(Cl)c1.NC(=O)COc1ccc(C(=O)O)cc1Cl. The molecular weight excluding hydrogens is 1430 g/mol. The number of aromatic nitrogens is 2. The van der Waals surface area contributed by atoms with E-state index in [9.17, 15) is 52.6 Å². The molecule has 0 bridgehead atoms. The molecule has 2 heterocycles. The summed E-state index contributed by atoms with van der Waals surface area (Å²) >= 11 is 35.0. The summed E-state index contributed by atoms with van der Waals surface area (Å²) in [6.07, 6.45) is 0.0581. The normalized spacial score (nSPS) is 11.6. The van der Waals surface area contributed by atoms with Crippen molar-refractivity contribution in [3.8, 4) is 57.0 Å². The number of carbonyl (C=O) groups is 7. The summed E-state index contributed by atoms with van der Waals surface area (Å²) in [7, 11) is 5.53. The molecule has 2 aromatic heterocycles. The molecule has 2 unspecified atom stereocenters. The maximum atomic E-state index is 13.6. The average Bonchev–Trinajstić information content (AvgIpc) is 0.801. The summed E-state index contributed by atoms with van der Waals surface area (Å²) in [6, 6.07) is 31.8. The van der Waals surface area contributed by atoms with Crippen molar-refractivity contribution in [1.29, 1.82) is 0 Å². The minimum absolute atomic E-state index is 0.00373. The first-order valence-electron chi connectivity index (χ1n) is 28.3. The molecule has 0 saturated heterocycles. The predicted octanol–water partition coefficient (Wildman–Crippen LogP) is 11.4. The molecule has 99 heavy (non-hydrogen) atoms. The van der Waals surface area contributed by atoms with Gasteiger partial charge in [-0.3, -0.25) is 19.2 Å². The van der Waals surface area contributed by atoms with Crippen LogP contribution in [0, 0.1) is 11.6 Å². The first kappa shape index (κ1) is 81.8. The van der Waals surface area contributed by atoms with E-state index in [2.05, 4.69) is 19.4 Å². The molecule has 32 heteroatoms. The number of carboxylic acids is 1. The summed E-state index contributed by atoms with van der Waals surface area (Å²) in [6.45, 7) is 2.24. The molecule has 2 atom stereocenters. The number of aromatic hydroxyl groups is 1. The van der Waals surface area contributed by atoms with Crippen LogP contribution < -0.4 is 46.6 Å². The van der Waals surface area contributed by atoms with E-state index in [0.717, 1.165) is 0 Å². The Labute approximate surface area is 595 Å². The highest BCUT2D eigenvalue weighted by molar-refractivity contribution is 6.34. The molecule has 3 amide bonds. The molecule has 0 aliphatic carbocycles. The van der Waals surface area contributed by atoms with E-state index >= 15 is 0 Å². The number of ether oxygens (including phenoxy) is 7. The number of amides is 3. The van der Waals surface area contributed by atoms with Gasteiger partial charge in [-0.15, -0.1) is 0 Å². The number of Topliss-reactive ketones (excluding diaryl/α,β-unsaturated/α-hetero) is 1. The third kappa shape index (κ3) is 25.0. The molecule has 526 valence electrons. The zero-order valence-corrected chi connectivity index (χ0v) is 57.7. The minimum atomic E-state index is -1.46. The Hall–Kier alpha value is -9.61. The van der Waals surface area contributed by atoms with Crippen molar-refractivity contribution in [2.45, 2.75) is 37.9 Å². The maximum absolute atomic E-state index is 13.6. The van der Waals surface area contributed by atoms with Crippen LogP contribution in [-0.4, -0.2) is 127 Å². The first-order chi connectivity index (χ1) is 46.6. The number of carbonyl (C=O) groups excluding carboxylic acids is 6. The summed E-state index contributed by atoms with van der Waals surface area (Å²) in [5.74, 6) is -3.68. The number of rotatable bonds is 23. The molecule has 0 aliphatic rings. The van der Waals surface area contributed by atoms with Crippen LogP contribution in [0.4, 0.5) is 8.78 Å². The molecular formula is C67H64Cl6F2N6O18. The third-order valence-electron chi connectivity index (χ3n) is 13.1. The van der Waals surface area contributed by atoms with Crippen LogP contribution in [0.15, 0.2) is 133 Å². The topological polar surface area (TPSA) is 395 Å². The van der Waals surface area contributed by atoms with Crippen LogP contribution in [0.1, 0.15) is 79.5 Å². The van der Waals surface area contributed by atoms with Gasteiger partial charge in [-0.25, -0.2) is 33.1 Å². The average molecular weight is 1490 g/mol. The van der Waals surface area contributed by atoms with Gasteiger partial charge in [0.15, 0.2) is 25.6 Å². The molecule has 24 nitrogen and oxygen atoms in total. The largest absolute Gasteiger partial charge is 0.506 e. The number of halogens is 8. The monoisotopic (exact) mass is 1490 g/mol. The number of pyridine rings is 2. The quantitative estimate of drug-likeness (QED) is 0.0218. The lowest BCUT2D eigenvalue weighted by atomic mass is 9.92. The fourth-order valence-corrected chi connectivity index (χ4v) is 9.11. The number of primary amides is 3. The van der Waals surface area contributed by atoms with Crippen molar-refractivity contribution in [2.24, 2.45) is 22.9 Å². The second-order valence-electron chi connectivity index (χ2n) is 20.6. The van der Waals surface area contributed by atoms with Crippen molar-refractivity contribution >= 4 is 111 Å². The molecule has 0 spiro atoms. The van der Waals surface area contributed by atoms with Crippen LogP contribution in [0.3, 0.4) is 0 Å². The number of esters is 2. The van der Waals surface area contributed by atoms with Crippen molar-refractivity contribution in [3.05, 3.63) is 209 Å². The lowest BCUT2D eigenvalue weighted by Gasteiger charge is -2.24. The molecule has 0 fully saturated rings. The lowest BCUT2D eigenvalue weighted by molar-refractivity contribution is -0.120. The second-order valence-corrected chi connectivity index (χ2v) is 23.0. The third-order valence-corrected chi connectivity index (χ3v) is 14.9. The summed E-state index contributed by atoms with van der Waals surface area (Å²) < 4.78 is 61.6. The van der Waals surface area contributed by atoms with Gasteiger partial charge in [-0.2, -0.15) is 0 Å². The highest BCUT2D eigenvalue weighted by Crippen LogP contribution is 2.37. The number of phenols is 1. The van der Waals surface area contributed by atoms with Crippen molar-refractivity contribution in [3.63, 3.8) is 0 Å². The van der Waals surface area contributed by atoms with Crippen LogP contribution in [0.5, 0.6) is 34.5 Å². The Morgan fingerprint density at radius 3 is 1.17 bits per heavy atom. The number of hydrogen-bond donors (Lipinski definition) is 8. The van der Waals surface area contributed by atoms with E-state index in [1.165, 1.54) is 132 Å². The molecule has 6 aromatic carbocycles. The first-order valence-corrected chi connectivity index (χ1v) is 30.6. The van der Waals surface area contributed by atoms with Gasteiger partial charge in [0.2, 0.25) is 0 Å². The van der Waals surface area contributed by atoms with Gasteiger partial charge in [0, 0.05) is 29.7 Å². The van der Waals surface area contributed by atoms with Crippen LogP contribution in [0.2, 0.25) is 30.1 Å². The van der Waals surface area contributed by atoms with Crippen molar-refractivity contribution in [1.82, 2.24) is 9.97 Å². The van der Waals surface area contributed by atoms with Gasteiger partial charge < -0.3 is 76.5 Å².